The van der Waals surface area contributed by atoms with Crippen molar-refractivity contribution in [2.45, 2.75) is 31.6 Å². The van der Waals surface area contributed by atoms with Crippen LogP contribution in [0.1, 0.15) is 36.3 Å². The highest BCUT2D eigenvalue weighted by Gasteiger charge is 2.30. The number of nitrogens with one attached hydrogen (secondary N) is 1. The van der Waals surface area contributed by atoms with Gasteiger partial charge in [0.05, 0.1) is 5.92 Å². The Hall–Kier alpha value is -1.64. The molecule has 1 saturated carbocycles. The molecule has 1 saturated heterocycles. The second kappa shape index (κ2) is 3.99. The predicted octanol–water partition coefficient (Wildman–Crippen LogP) is 1.77. The smallest absolute Gasteiger partial charge is 0.230 e. The maximum Gasteiger partial charge on any atom is 0.230 e. The van der Waals surface area contributed by atoms with E-state index in [0.717, 1.165) is 5.92 Å². The van der Waals surface area contributed by atoms with Crippen LogP contribution in [0.5, 0.6) is 0 Å². The molecule has 1 aliphatic heterocycles. The molecule has 88 valence electrons. The topological polar surface area (TPSA) is 46.2 Å². The van der Waals surface area contributed by atoms with E-state index in [1.54, 1.807) is 0 Å². The molecule has 17 heavy (non-hydrogen) atoms. The van der Waals surface area contributed by atoms with Crippen LogP contribution in [0.2, 0.25) is 0 Å². The van der Waals surface area contributed by atoms with E-state index in [2.05, 4.69) is 23.5 Å². The molecular weight excluding hydrogens is 214 g/mol. The van der Waals surface area contributed by atoms with Gasteiger partial charge in [-0.2, -0.15) is 0 Å². The molecule has 0 radical (unpaired) electrons. The average molecular weight is 229 g/mol. The van der Waals surface area contributed by atoms with Crippen LogP contribution in [0, 0.1) is 5.92 Å². The van der Waals surface area contributed by atoms with Gasteiger partial charge in [-0.15, -0.1) is 0 Å². The Morgan fingerprint density at radius 1 is 1.24 bits per heavy atom. The minimum atomic E-state index is -0.169. The lowest BCUT2D eigenvalue weighted by Crippen LogP contribution is -2.22. The van der Waals surface area contributed by atoms with Crippen LogP contribution in [-0.2, 0) is 16.0 Å². The number of hydrogen-bond acceptors (Lipinski definition) is 2. The van der Waals surface area contributed by atoms with Crippen LogP contribution in [0.25, 0.3) is 0 Å². The zero-order valence-electron chi connectivity index (χ0n) is 9.61. The fourth-order valence-electron chi connectivity index (χ4n) is 2.45. The number of rotatable bonds is 3. The van der Waals surface area contributed by atoms with Crippen molar-refractivity contribution in [1.82, 2.24) is 5.32 Å². The summed E-state index contributed by atoms with van der Waals surface area (Å²) in [4.78, 5) is 22.6. The summed E-state index contributed by atoms with van der Waals surface area (Å²) in [6, 6.07) is 8.44. The van der Waals surface area contributed by atoms with Gasteiger partial charge in [-0.25, -0.2) is 0 Å². The van der Waals surface area contributed by atoms with Gasteiger partial charge in [0, 0.05) is 6.42 Å². The molecule has 1 aliphatic carbocycles. The molecule has 2 amide bonds. The Morgan fingerprint density at radius 3 is 2.71 bits per heavy atom. The van der Waals surface area contributed by atoms with E-state index in [0.29, 0.717) is 12.8 Å². The summed E-state index contributed by atoms with van der Waals surface area (Å²) in [7, 11) is 0. The van der Waals surface area contributed by atoms with Crippen molar-refractivity contribution in [3.05, 3.63) is 35.4 Å². The quantitative estimate of drug-likeness (QED) is 0.803. The first-order valence-corrected chi connectivity index (χ1v) is 6.15. The Morgan fingerprint density at radius 2 is 2.06 bits per heavy atom. The molecule has 3 heteroatoms. The molecular formula is C14H15NO2. The number of carbonyl (C=O) groups is 2. The van der Waals surface area contributed by atoms with Gasteiger partial charge in [0.15, 0.2) is 0 Å². The van der Waals surface area contributed by atoms with Crippen molar-refractivity contribution in [3.8, 4) is 0 Å². The number of carbonyl (C=O) groups excluding carboxylic acids is 2. The van der Waals surface area contributed by atoms with Gasteiger partial charge in [-0.1, -0.05) is 24.3 Å². The van der Waals surface area contributed by atoms with Gasteiger partial charge in [-0.3, -0.25) is 14.9 Å². The monoisotopic (exact) mass is 229 g/mol. The van der Waals surface area contributed by atoms with Crippen LogP contribution in [-0.4, -0.2) is 11.8 Å². The molecule has 1 unspecified atom stereocenters. The highest BCUT2D eigenvalue weighted by Crippen LogP contribution is 2.40. The van der Waals surface area contributed by atoms with Gasteiger partial charge in [0.1, 0.15) is 0 Å². The summed E-state index contributed by atoms with van der Waals surface area (Å²) in [5, 5.41) is 2.36. The first-order chi connectivity index (χ1) is 8.22. The van der Waals surface area contributed by atoms with E-state index in [1.165, 1.54) is 24.0 Å². The molecule has 0 aromatic heterocycles. The number of benzene rings is 1. The summed E-state index contributed by atoms with van der Waals surface area (Å²) in [5.74, 6) is 0.302. The van der Waals surface area contributed by atoms with Crippen LogP contribution in [0.3, 0.4) is 0 Å². The Balaban J connectivity index is 1.74. The Kier molecular flexibility index (Phi) is 2.46. The second-order valence-electron chi connectivity index (χ2n) is 5.04. The zero-order chi connectivity index (χ0) is 11.8. The van der Waals surface area contributed by atoms with E-state index < -0.39 is 0 Å². The van der Waals surface area contributed by atoms with Crippen LogP contribution >= 0.6 is 0 Å². The molecule has 1 aromatic rings. The van der Waals surface area contributed by atoms with Crippen LogP contribution in [0.4, 0.5) is 0 Å². The summed E-state index contributed by atoms with van der Waals surface area (Å²) >= 11 is 0. The Labute approximate surface area is 100 Å². The SMILES string of the molecule is O=C1CC(Cc2cccc(C3CC3)c2)C(=O)N1. The summed E-state index contributed by atoms with van der Waals surface area (Å²) in [6.07, 6.45) is 3.59. The first kappa shape index (κ1) is 10.5. The minimum absolute atomic E-state index is 0.119. The lowest BCUT2D eigenvalue weighted by Gasteiger charge is -2.07. The molecule has 1 aromatic carbocycles. The van der Waals surface area contributed by atoms with Crippen LogP contribution in [0.15, 0.2) is 24.3 Å². The van der Waals surface area contributed by atoms with Gasteiger partial charge in [0.2, 0.25) is 11.8 Å². The third kappa shape index (κ3) is 2.23. The fourth-order valence-corrected chi connectivity index (χ4v) is 2.45. The van der Waals surface area contributed by atoms with Crippen molar-refractivity contribution in [3.63, 3.8) is 0 Å². The number of hydrogen-bond donors (Lipinski definition) is 1. The molecule has 1 atom stereocenters. The van der Waals surface area contributed by atoms with E-state index in [4.69, 9.17) is 0 Å². The van der Waals surface area contributed by atoms with Crippen molar-refractivity contribution in [2.24, 2.45) is 5.92 Å². The highest BCUT2D eigenvalue weighted by atomic mass is 16.2. The lowest BCUT2D eigenvalue weighted by molar-refractivity contribution is -0.125. The molecule has 1 N–H and O–H groups in total. The summed E-state index contributed by atoms with van der Waals surface area (Å²) in [6.45, 7) is 0. The van der Waals surface area contributed by atoms with E-state index >= 15 is 0 Å². The number of amides is 2. The van der Waals surface area contributed by atoms with Crippen molar-refractivity contribution in [1.29, 1.82) is 0 Å². The molecule has 3 rings (SSSR count). The molecule has 0 bridgehead atoms. The van der Waals surface area contributed by atoms with Crippen LogP contribution < -0.4 is 5.32 Å². The Bertz CT molecular complexity index is 477. The zero-order valence-corrected chi connectivity index (χ0v) is 9.61. The normalized spacial score (nSPS) is 23.9. The fraction of sp³-hybridized carbons (Fsp3) is 0.429. The largest absolute Gasteiger partial charge is 0.296 e. The van der Waals surface area contributed by atoms with Crippen molar-refractivity contribution >= 4 is 11.8 Å². The molecule has 0 spiro atoms. The van der Waals surface area contributed by atoms with E-state index in [1.807, 2.05) is 6.07 Å². The van der Waals surface area contributed by atoms with Gasteiger partial charge in [-0.05, 0) is 36.3 Å². The van der Waals surface area contributed by atoms with Gasteiger partial charge >= 0.3 is 0 Å². The van der Waals surface area contributed by atoms with Gasteiger partial charge in [0.25, 0.3) is 0 Å². The summed E-state index contributed by atoms with van der Waals surface area (Å²) < 4.78 is 0. The first-order valence-electron chi connectivity index (χ1n) is 6.15. The van der Waals surface area contributed by atoms with Crippen molar-refractivity contribution < 1.29 is 9.59 Å². The standard InChI is InChI=1S/C14H15NO2/c16-13-8-12(14(17)15-13)7-9-2-1-3-11(6-9)10-4-5-10/h1-3,6,10,12H,4-5,7-8H2,(H,15,16,17). The molecule has 1 heterocycles. The molecule has 2 fully saturated rings. The minimum Gasteiger partial charge on any atom is -0.296 e. The predicted molar refractivity (Wildman–Crippen MR) is 63.4 cm³/mol. The maximum atomic E-state index is 11.5. The van der Waals surface area contributed by atoms with Crippen molar-refractivity contribution in [2.75, 3.05) is 0 Å². The highest BCUT2D eigenvalue weighted by molar-refractivity contribution is 6.03. The van der Waals surface area contributed by atoms with Gasteiger partial charge < -0.3 is 0 Å². The second-order valence-corrected chi connectivity index (χ2v) is 5.04. The third-order valence-electron chi connectivity index (χ3n) is 3.55. The van der Waals surface area contributed by atoms with E-state index in [-0.39, 0.29) is 17.7 Å². The summed E-state index contributed by atoms with van der Waals surface area (Å²) in [5.41, 5.74) is 2.55. The average Bonchev–Trinajstić information content (AvgIpc) is 3.08. The third-order valence-corrected chi connectivity index (χ3v) is 3.55. The number of imide groups is 1. The maximum absolute atomic E-state index is 11.5. The molecule has 3 nitrogen and oxygen atoms in total. The lowest BCUT2D eigenvalue weighted by atomic mass is 9.96. The molecule has 2 aliphatic rings. The van der Waals surface area contributed by atoms with E-state index in [9.17, 15) is 9.59 Å².